The maximum atomic E-state index is 3.50. The Morgan fingerprint density at radius 2 is 2.11 bits per heavy atom. The Morgan fingerprint density at radius 3 is 2.84 bits per heavy atom. The van der Waals surface area contributed by atoms with Crippen molar-refractivity contribution in [1.29, 1.82) is 0 Å². The standard InChI is InChI=1S/C16H22N2S/c1-12(18-9-8-17-11-16(18,2)3)15-10-13-6-4-5-7-14(13)19-15/h4-7,10,12,17H,8-9,11H2,1-3H3. The van der Waals surface area contributed by atoms with E-state index in [0.717, 1.165) is 19.6 Å². The zero-order valence-corrected chi connectivity index (χ0v) is 12.8. The van der Waals surface area contributed by atoms with Crippen LogP contribution < -0.4 is 5.32 Å². The zero-order valence-electron chi connectivity index (χ0n) is 11.9. The van der Waals surface area contributed by atoms with Crippen LogP contribution in [0.25, 0.3) is 10.1 Å². The molecule has 0 radical (unpaired) electrons. The van der Waals surface area contributed by atoms with Crippen molar-refractivity contribution in [3.63, 3.8) is 0 Å². The van der Waals surface area contributed by atoms with E-state index < -0.39 is 0 Å². The van der Waals surface area contributed by atoms with Gasteiger partial charge in [-0.25, -0.2) is 0 Å². The van der Waals surface area contributed by atoms with Crippen molar-refractivity contribution in [2.45, 2.75) is 32.4 Å². The minimum Gasteiger partial charge on any atom is -0.314 e. The lowest BCUT2D eigenvalue weighted by Gasteiger charge is -2.46. The van der Waals surface area contributed by atoms with Crippen LogP contribution in [0.5, 0.6) is 0 Å². The van der Waals surface area contributed by atoms with Gasteiger partial charge in [0.25, 0.3) is 0 Å². The fourth-order valence-corrected chi connectivity index (χ4v) is 4.21. The summed E-state index contributed by atoms with van der Waals surface area (Å²) in [5.41, 5.74) is 0.230. The summed E-state index contributed by atoms with van der Waals surface area (Å²) in [4.78, 5) is 4.12. The van der Waals surface area contributed by atoms with Crippen molar-refractivity contribution >= 4 is 21.4 Å². The first kappa shape index (κ1) is 13.1. The number of rotatable bonds is 2. The van der Waals surface area contributed by atoms with Gasteiger partial charge in [0.15, 0.2) is 0 Å². The number of piperazine rings is 1. The van der Waals surface area contributed by atoms with Gasteiger partial charge in [-0.3, -0.25) is 4.90 Å². The lowest BCUT2D eigenvalue weighted by Crippen LogP contribution is -2.58. The van der Waals surface area contributed by atoms with E-state index in [1.807, 2.05) is 11.3 Å². The molecule has 1 fully saturated rings. The van der Waals surface area contributed by atoms with E-state index in [1.54, 1.807) is 0 Å². The highest BCUT2D eigenvalue weighted by Crippen LogP contribution is 2.35. The molecule has 1 saturated heterocycles. The third kappa shape index (κ3) is 2.42. The molecule has 2 aromatic rings. The molecule has 1 aromatic heterocycles. The summed E-state index contributed by atoms with van der Waals surface area (Å²) in [5, 5.41) is 4.88. The van der Waals surface area contributed by atoms with Gasteiger partial charge in [-0.05, 0) is 38.3 Å². The van der Waals surface area contributed by atoms with Gasteiger partial charge in [-0.15, -0.1) is 11.3 Å². The largest absolute Gasteiger partial charge is 0.314 e. The molecule has 0 bridgehead atoms. The third-order valence-electron chi connectivity index (χ3n) is 4.19. The number of thiophene rings is 1. The number of hydrogen-bond donors (Lipinski definition) is 1. The first-order valence-electron chi connectivity index (χ1n) is 7.04. The smallest absolute Gasteiger partial charge is 0.0420 e. The maximum Gasteiger partial charge on any atom is 0.0420 e. The summed E-state index contributed by atoms with van der Waals surface area (Å²) < 4.78 is 1.40. The van der Waals surface area contributed by atoms with Crippen molar-refractivity contribution < 1.29 is 0 Å². The number of hydrogen-bond acceptors (Lipinski definition) is 3. The molecular formula is C16H22N2S. The molecule has 0 spiro atoms. The van der Waals surface area contributed by atoms with E-state index in [1.165, 1.54) is 15.0 Å². The summed E-state index contributed by atoms with van der Waals surface area (Å²) in [7, 11) is 0. The van der Waals surface area contributed by atoms with Crippen molar-refractivity contribution in [2.75, 3.05) is 19.6 Å². The monoisotopic (exact) mass is 274 g/mol. The lowest BCUT2D eigenvalue weighted by atomic mass is 9.97. The van der Waals surface area contributed by atoms with Crippen LogP contribution in [0.2, 0.25) is 0 Å². The van der Waals surface area contributed by atoms with Crippen LogP contribution in [0.4, 0.5) is 0 Å². The summed E-state index contributed by atoms with van der Waals surface area (Å²) >= 11 is 1.94. The van der Waals surface area contributed by atoms with Crippen LogP contribution in [0.3, 0.4) is 0 Å². The Morgan fingerprint density at radius 1 is 1.32 bits per heavy atom. The highest BCUT2D eigenvalue weighted by Gasteiger charge is 2.33. The van der Waals surface area contributed by atoms with E-state index in [4.69, 9.17) is 0 Å². The van der Waals surface area contributed by atoms with Crippen LogP contribution in [0, 0.1) is 0 Å². The Hall–Kier alpha value is -0.900. The molecule has 1 aliphatic heterocycles. The normalized spacial score (nSPS) is 21.6. The number of fused-ring (bicyclic) bond motifs is 1. The van der Waals surface area contributed by atoms with Crippen LogP contribution in [0.15, 0.2) is 30.3 Å². The van der Waals surface area contributed by atoms with Gasteiger partial charge in [0.1, 0.15) is 0 Å². The van der Waals surface area contributed by atoms with E-state index in [-0.39, 0.29) is 5.54 Å². The van der Waals surface area contributed by atoms with Crippen molar-refractivity contribution in [3.8, 4) is 0 Å². The molecule has 0 aliphatic carbocycles. The minimum atomic E-state index is 0.230. The van der Waals surface area contributed by atoms with Crippen LogP contribution >= 0.6 is 11.3 Å². The Balaban J connectivity index is 1.92. The zero-order chi connectivity index (χ0) is 13.5. The summed E-state index contributed by atoms with van der Waals surface area (Å²) in [6.07, 6.45) is 0. The highest BCUT2D eigenvalue weighted by molar-refractivity contribution is 7.19. The summed E-state index contributed by atoms with van der Waals surface area (Å²) in [6, 6.07) is 11.5. The van der Waals surface area contributed by atoms with Crippen LogP contribution in [-0.4, -0.2) is 30.1 Å². The number of nitrogens with one attached hydrogen (secondary N) is 1. The predicted molar refractivity (Wildman–Crippen MR) is 83.9 cm³/mol. The molecule has 1 unspecified atom stereocenters. The van der Waals surface area contributed by atoms with Gasteiger partial charge in [-0.1, -0.05) is 18.2 Å². The van der Waals surface area contributed by atoms with E-state index in [9.17, 15) is 0 Å². The van der Waals surface area contributed by atoms with E-state index >= 15 is 0 Å². The van der Waals surface area contributed by atoms with Crippen molar-refractivity contribution in [3.05, 3.63) is 35.2 Å². The molecule has 1 aromatic carbocycles. The molecule has 102 valence electrons. The SMILES string of the molecule is CC(c1cc2ccccc2s1)N1CCNCC1(C)C. The van der Waals surface area contributed by atoms with Crippen LogP contribution in [0.1, 0.15) is 31.7 Å². The minimum absolute atomic E-state index is 0.230. The molecule has 3 rings (SSSR count). The van der Waals surface area contributed by atoms with Crippen molar-refractivity contribution in [2.24, 2.45) is 0 Å². The molecule has 2 heterocycles. The second-order valence-corrected chi connectivity index (χ2v) is 7.16. The third-order valence-corrected chi connectivity index (χ3v) is 5.47. The molecular weight excluding hydrogens is 252 g/mol. The molecule has 0 amide bonds. The van der Waals surface area contributed by atoms with Gasteiger partial charge in [-0.2, -0.15) is 0 Å². The van der Waals surface area contributed by atoms with Gasteiger partial charge >= 0.3 is 0 Å². The maximum absolute atomic E-state index is 3.50. The van der Waals surface area contributed by atoms with E-state index in [0.29, 0.717) is 6.04 Å². The fourth-order valence-electron chi connectivity index (χ4n) is 3.08. The highest BCUT2D eigenvalue weighted by atomic mass is 32.1. The molecule has 1 atom stereocenters. The molecule has 19 heavy (non-hydrogen) atoms. The first-order valence-corrected chi connectivity index (χ1v) is 7.85. The molecule has 1 aliphatic rings. The van der Waals surface area contributed by atoms with Gasteiger partial charge in [0.05, 0.1) is 0 Å². The quantitative estimate of drug-likeness (QED) is 0.899. The number of benzene rings is 1. The molecule has 3 heteroatoms. The van der Waals surface area contributed by atoms with E-state index in [2.05, 4.69) is 61.3 Å². The summed E-state index contributed by atoms with van der Waals surface area (Å²) in [5.74, 6) is 0. The predicted octanol–water partition coefficient (Wildman–Crippen LogP) is 3.65. The average molecular weight is 274 g/mol. The second kappa shape index (κ2) is 4.89. The Labute approximate surface area is 119 Å². The Bertz CT molecular complexity index is 540. The molecule has 1 N–H and O–H groups in total. The van der Waals surface area contributed by atoms with Crippen molar-refractivity contribution in [1.82, 2.24) is 10.2 Å². The number of nitrogens with zero attached hydrogens (tertiary/aromatic N) is 1. The Kier molecular flexibility index (Phi) is 3.37. The average Bonchev–Trinajstić information content (AvgIpc) is 2.81. The molecule has 2 nitrogen and oxygen atoms in total. The van der Waals surface area contributed by atoms with Gasteiger partial charge in [0.2, 0.25) is 0 Å². The molecule has 0 saturated carbocycles. The van der Waals surface area contributed by atoms with Crippen LogP contribution in [-0.2, 0) is 0 Å². The fraction of sp³-hybridized carbons (Fsp3) is 0.500. The first-order chi connectivity index (χ1) is 9.08. The topological polar surface area (TPSA) is 15.3 Å². The van der Waals surface area contributed by atoms with Gasteiger partial charge < -0.3 is 5.32 Å². The second-order valence-electron chi connectivity index (χ2n) is 6.05. The summed E-state index contributed by atoms with van der Waals surface area (Å²) in [6.45, 7) is 10.3. The van der Waals surface area contributed by atoms with Gasteiger partial charge in [0, 0.05) is 40.8 Å². The lowest BCUT2D eigenvalue weighted by molar-refractivity contribution is 0.0531.